The Bertz CT molecular complexity index is 477. The largest absolute Gasteiger partial charge is 0.354 e. The smallest absolute Gasteiger partial charge is 0.128 e. The van der Waals surface area contributed by atoms with E-state index in [1.54, 1.807) is 6.20 Å². The van der Waals surface area contributed by atoms with Crippen molar-refractivity contribution in [3.8, 4) is 6.07 Å². The molecule has 1 saturated heterocycles. The van der Waals surface area contributed by atoms with Gasteiger partial charge in [-0.25, -0.2) is 4.98 Å². The summed E-state index contributed by atoms with van der Waals surface area (Å²) in [4.78, 5) is 9.35. The van der Waals surface area contributed by atoms with Crippen LogP contribution < -0.4 is 4.90 Å². The van der Waals surface area contributed by atoms with Gasteiger partial charge in [-0.05, 0) is 30.9 Å². The zero-order valence-corrected chi connectivity index (χ0v) is 12.7. The molecule has 2 fully saturated rings. The Kier molecular flexibility index (Phi) is 4.72. The first-order valence-electron chi connectivity index (χ1n) is 8.18. The minimum Gasteiger partial charge on any atom is -0.354 e. The van der Waals surface area contributed by atoms with Gasteiger partial charge in [-0.1, -0.05) is 19.3 Å². The number of pyridine rings is 1. The number of hydrogen-bond acceptors (Lipinski definition) is 4. The number of nitrogens with zero attached hydrogens (tertiary/aromatic N) is 4. The third-order valence-electron chi connectivity index (χ3n) is 4.81. The Labute approximate surface area is 127 Å². The van der Waals surface area contributed by atoms with Crippen molar-refractivity contribution in [3.05, 3.63) is 23.9 Å². The molecule has 0 spiro atoms. The van der Waals surface area contributed by atoms with Gasteiger partial charge >= 0.3 is 0 Å². The maximum atomic E-state index is 8.82. The van der Waals surface area contributed by atoms with E-state index in [1.807, 2.05) is 12.1 Å². The summed E-state index contributed by atoms with van der Waals surface area (Å²) in [7, 11) is 0. The predicted octanol–water partition coefficient (Wildman–Crippen LogP) is 2.66. The number of piperazine rings is 1. The Morgan fingerprint density at radius 2 is 1.86 bits per heavy atom. The highest BCUT2D eigenvalue weighted by molar-refractivity contribution is 5.42. The number of anilines is 1. The minimum atomic E-state index is 0.634. The first kappa shape index (κ1) is 14.3. The summed E-state index contributed by atoms with van der Waals surface area (Å²) < 4.78 is 0. The van der Waals surface area contributed by atoms with Gasteiger partial charge in [0.1, 0.15) is 11.9 Å². The van der Waals surface area contributed by atoms with Crippen LogP contribution in [0.1, 0.15) is 37.7 Å². The molecule has 1 aromatic heterocycles. The van der Waals surface area contributed by atoms with Gasteiger partial charge < -0.3 is 4.90 Å². The van der Waals surface area contributed by atoms with Gasteiger partial charge in [-0.3, -0.25) is 4.90 Å². The van der Waals surface area contributed by atoms with Gasteiger partial charge in [0, 0.05) is 38.9 Å². The lowest BCUT2D eigenvalue weighted by Gasteiger charge is -2.37. The third kappa shape index (κ3) is 3.74. The normalized spacial score (nSPS) is 21.2. The molecular formula is C17H24N4. The van der Waals surface area contributed by atoms with E-state index in [2.05, 4.69) is 20.9 Å². The Morgan fingerprint density at radius 1 is 1.10 bits per heavy atom. The predicted molar refractivity (Wildman–Crippen MR) is 84.2 cm³/mol. The van der Waals surface area contributed by atoms with E-state index in [9.17, 15) is 0 Å². The van der Waals surface area contributed by atoms with Crippen molar-refractivity contribution < 1.29 is 0 Å². The first-order valence-corrected chi connectivity index (χ1v) is 8.18. The van der Waals surface area contributed by atoms with Gasteiger partial charge in [-0.15, -0.1) is 0 Å². The summed E-state index contributed by atoms with van der Waals surface area (Å²) in [5, 5.41) is 8.82. The maximum absolute atomic E-state index is 8.82. The van der Waals surface area contributed by atoms with E-state index in [1.165, 1.54) is 38.6 Å². The van der Waals surface area contributed by atoms with Gasteiger partial charge in [0.05, 0.1) is 5.56 Å². The lowest BCUT2D eigenvalue weighted by atomic mass is 9.89. The van der Waals surface area contributed by atoms with Crippen molar-refractivity contribution in [1.29, 1.82) is 5.26 Å². The molecular weight excluding hydrogens is 260 g/mol. The highest BCUT2D eigenvalue weighted by Crippen LogP contribution is 2.25. The van der Waals surface area contributed by atoms with Crippen LogP contribution >= 0.6 is 0 Å². The zero-order chi connectivity index (χ0) is 14.5. The Morgan fingerprint density at radius 3 is 2.48 bits per heavy atom. The highest BCUT2D eigenvalue weighted by atomic mass is 15.3. The molecule has 2 aliphatic rings. The first-order chi connectivity index (χ1) is 10.3. The van der Waals surface area contributed by atoms with Crippen LogP contribution in [0.25, 0.3) is 0 Å². The summed E-state index contributed by atoms with van der Waals surface area (Å²) in [6.45, 7) is 5.66. The summed E-state index contributed by atoms with van der Waals surface area (Å²) in [5.41, 5.74) is 0.634. The lowest BCUT2D eigenvalue weighted by Crippen LogP contribution is -2.48. The molecule has 4 heteroatoms. The van der Waals surface area contributed by atoms with Crippen LogP contribution in [0.15, 0.2) is 18.3 Å². The van der Waals surface area contributed by atoms with E-state index >= 15 is 0 Å². The molecule has 0 radical (unpaired) electrons. The second-order valence-corrected chi connectivity index (χ2v) is 6.31. The number of aromatic nitrogens is 1. The maximum Gasteiger partial charge on any atom is 0.128 e. The Hall–Kier alpha value is -1.60. The summed E-state index contributed by atoms with van der Waals surface area (Å²) in [6.07, 6.45) is 8.83. The number of nitriles is 1. The molecule has 21 heavy (non-hydrogen) atoms. The molecule has 112 valence electrons. The minimum absolute atomic E-state index is 0.634. The summed E-state index contributed by atoms with van der Waals surface area (Å²) in [5.74, 6) is 1.93. The molecule has 0 aromatic carbocycles. The van der Waals surface area contributed by atoms with E-state index in [0.29, 0.717) is 5.56 Å². The van der Waals surface area contributed by atoms with Crippen LogP contribution in [-0.4, -0.2) is 42.6 Å². The van der Waals surface area contributed by atoms with Crippen LogP contribution in [-0.2, 0) is 0 Å². The SMILES string of the molecule is N#Cc1ccc(N2CCN(CC3CCCCC3)CC2)nc1. The summed E-state index contributed by atoms with van der Waals surface area (Å²) >= 11 is 0. The monoisotopic (exact) mass is 284 g/mol. The van der Waals surface area contributed by atoms with E-state index in [-0.39, 0.29) is 0 Å². The molecule has 4 nitrogen and oxygen atoms in total. The van der Waals surface area contributed by atoms with E-state index in [4.69, 9.17) is 5.26 Å². The fourth-order valence-corrected chi connectivity index (χ4v) is 3.53. The van der Waals surface area contributed by atoms with Crippen molar-refractivity contribution in [2.24, 2.45) is 5.92 Å². The van der Waals surface area contributed by atoms with E-state index < -0.39 is 0 Å². The molecule has 1 aliphatic heterocycles. The fourth-order valence-electron chi connectivity index (χ4n) is 3.53. The van der Waals surface area contributed by atoms with Crippen molar-refractivity contribution in [2.75, 3.05) is 37.6 Å². The molecule has 0 N–H and O–H groups in total. The number of hydrogen-bond donors (Lipinski definition) is 0. The molecule has 0 amide bonds. The van der Waals surface area contributed by atoms with Crippen LogP contribution in [0, 0.1) is 17.2 Å². The van der Waals surface area contributed by atoms with Crippen LogP contribution in [0.5, 0.6) is 0 Å². The van der Waals surface area contributed by atoms with Crippen LogP contribution in [0.3, 0.4) is 0 Å². The average Bonchev–Trinajstić information content (AvgIpc) is 2.57. The lowest BCUT2D eigenvalue weighted by molar-refractivity contribution is 0.192. The van der Waals surface area contributed by atoms with Crippen LogP contribution in [0.4, 0.5) is 5.82 Å². The molecule has 3 rings (SSSR count). The molecule has 2 heterocycles. The highest BCUT2D eigenvalue weighted by Gasteiger charge is 2.21. The third-order valence-corrected chi connectivity index (χ3v) is 4.81. The fraction of sp³-hybridized carbons (Fsp3) is 0.647. The van der Waals surface area contributed by atoms with Gasteiger partial charge in [0.25, 0.3) is 0 Å². The molecule has 1 saturated carbocycles. The zero-order valence-electron chi connectivity index (χ0n) is 12.7. The van der Waals surface area contributed by atoms with Crippen LogP contribution in [0.2, 0.25) is 0 Å². The van der Waals surface area contributed by atoms with Crippen molar-refractivity contribution in [3.63, 3.8) is 0 Å². The van der Waals surface area contributed by atoms with Crippen molar-refractivity contribution in [1.82, 2.24) is 9.88 Å². The van der Waals surface area contributed by atoms with E-state index in [0.717, 1.165) is 37.9 Å². The molecule has 1 aliphatic carbocycles. The molecule has 1 aromatic rings. The van der Waals surface area contributed by atoms with Gasteiger partial charge in [-0.2, -0.15) is 5.26 Å². The van der Waals surface area contributed by atoms with Crippen molar-refractivity contribution >= 4 is 5.82 Å². The molecule has 0 bridgehead atoms. The van der Waals surface area contributed by atoms with Crippen molar-refractivity contribution in [2.45, 2.75) is 32.1 Å². The second-order valence-electron chi connectivity index (χ2n) is 6.31. The van der Waals surface area contributed by atoms with Gasteiger partial charge in [0.15, 0.2) is 0 Å². The average molecular weight is 284 g/mol. The number of rotatable bonds is 3. The summed E-state index contributed by atoms with van der Waals surface area (Å²) in [6, 6.07) is 5.95. The Balaban J connectivity index is 1.49. The standard InChI is InChI=1S/C17H24N4/c18-12-16-6-7-17(19-13-16)21-10-8-20(9-11-21)14-15-4-2-1-3-5-15/h6-7,13,15H,1-5,8-11,14H2. The molecule has 0 atom stereocenters. The van der Waals surface area contributed by atoms with Gasteiger partial charge in [0.2, 0.25) is 0 Å². The topological polar surface area (TPSA) is 43.2 Å². The quantitative estimate of drug-likeness (QED) is 0.856. The second kappa shape index (κ2) is 6.91. The molecule has 0 unspecified atom stereocenters.